The van der Waals surface area contributed by atoms with Crippen LogP contribution in [0.1, 0.15) is 13.8 Å². The Morgan fingerprint density at radius 2 is 2.09 bits per heavy atom. The van der Waals surface area contributed by atoms with Crippen molar-refractivity contribution >= 4 is 11.6 Å². The Bertz CT molecular complexity index is 661. The van der Waals surface area contributed by atoms with Crippen molar-refractivity contribution in [3.8, 4) is 11.1 Å². The summed E-state index contributed by atoms with van der Waals surface area (Å²) in [6, 6.07) is 7.78. The lowest BCUT2D eigenvalue weighted by Crippen LogP contribution is -2.56. The molecule has 3 rings (SSSR count). The minimum absolute atomic E-state index is 0.0104. The van der Waals surface area contributed by atoms with E-state index in [1.54, 1.807) is 6.20 Å². The van der Waals surface area contributed by atoms with Crippen molar-refractivity contribution in [2.75, 3.05) is 31.6 Å². The maximum atomic E-state index is 12.7. The summed E-state index contributed by atoms with van der Waals surface area (Å²) in [5, 5.41) is 9.79. The molecule has 6 nitrogen and oxygen atoms in total. The number of H-pyrrole nitrogens is 1. The Morgan fingerprint density at radius 3 is 2.78 bits per heavy atom. The van der Waals surface area contributed by atoms with E-state index in [1.807, 2.05) is 44.3 Å². The molecule has 2 aromatic rings. The van der Waals surface area contributed by atoms with Crippen LogP contribution in [0.25, 0.3) is 11.1 Å². The van der Waals surface area contributed by atoms with E-state index in [-0.39, 0.29) is 5.91 Å². The molecule has 0 saturated carbocycles. The number of anilines is 1. The van der Waals surface area contributed by atoms with Crippen LogP contribution in [0.15, 0.2) is 36.7 Å². The van der Waals surface area contributed by atoms with Gasteiger partial charge in [0.1, 0.15) is 0 Å². The third-order valence-electron chi connectivity index (χ3n) is 4.31. The van der Waals surface area contributed by atoms with Gasteiger partial charge < -0.3 is 10.1 Å². The van der Waals surface area contributed by atoms with Gasteiger partial charge in [-0.25, -0.2) is 0 Å². The Morgan fingerprint density at radius 1 is 1.30 bits per heavy atom. The van der Waals surface area contributed by atoms with Crippen molar-refractivity contribution in [2.24, 2.45) is 0 Å². The average Bonchev–Trinajstić information content (AvgIpc) is 3.10. The van der Waals surface area contributed by atoms with Crippen molar-refractivity contribution in [3.05, 3.63) is 36.7 Å². The predicted octanol–water partition coefficient (Wildman–Crippen LogP) is 2.13. The first-order valence-electron chi connectivity index (χ1n) is 7.81. The third kappa shape index (κ3) is 3.43. The number of aromatic nitrogens is 2. The number of morpholine rings is 1. The van der Waals surface area contributed by atoms with Crippen LogP contribution in [0, 0.1) is 0 Å². The molecule has 1 fully saturated rings. The van der Waals surface area contributed by atoms with E-state index in [0.29, 0.717) is 13.2 Å². The molecule has 1 aromatic carbocycles. The molecule has 122 valence electrons. The van der Waals surface area contributed by atoms with Gasteiger partial charge in [0.15, 0.2) is 0 Å². The van der Waals surface area contributed by atoms with E-state index < -0.39 is 5.54 Å². The quantitative estimate of drug-likeness (QED) is 0.907. The molecule has 6 heteroatoms. The van der Waals surface area contributed by atoms with E-state index in [0.717, 1.165) is 29.9 Å². The molecule has 2 heterocycles. The highest BCUT2D eigenvalue weighted by molar-refractivity contribution is 5.98. The van der Waals surface area contributed by atoms with Gasteiger partial charge in [0.2, 0.25) is 5.91 Å². The fraction of sp³-hybridized carbons (Fsp3) is 0.412. The molecule has 0 bridgehead atoms. The lowest BCUT2D eigenvalue weighted by atomic mass is 10.0. The zero-order valence-electron chi connectivity index (χ0n) is 13.5. The number of hydrogen-bond acceptors (Lipinski definition) is 4. The van der Waals surface area contributed by atoms with E-state index in [1.165, 1.54) is 0 Å². The molecule has 23 heavy (non-hydrogen) atoms. The number of nitrogens with one attached hydrogen (secondary N) is 2. The van der Waals surface area contributed by atoms with Gasteiger partial charge in [-0.15, -0.1) is 0 Å². The van der Waals surface area contributed by atoms with Gasteiger partial charge in [-0.3, -0.25) is 14.8 Å². The number of carbonyl (C=O) groups excluding carboxylic acids is 1. The van der Waals surface area contributed by atoms with Crippen LogP contribution in [0.5, 0.6) is 0 Å². The summed E-state index contributed by atoms with van der Waals surface area (Å²) in [5.74, 6) is -0.0104. The second-order valence-corrected chi connectivity index (χ2v) is 6.18. The minimum Gasteiger partial charge on any atom is -0.379 e. The van der Waals surface area contributed by atoms with Gasteiger partial charge in [-0.05, 0) is 31.5 Å². The number of nitrogens with zero attached hydrogens (tertiary/aromatic N) is 2. The van der Waals surface area contributed by atoms with Gasteiger partial charge in [-0.2, -0.15) is 5.10 Å². The maximum absolute atomic E-state index is 12.7. The summed E-state index contributed by atoms with van der Waals surface area (Å²) in [6.45, 7) is 6.80. The molecular formula is C17H22N4O2. The molecule has 1 aliphatic rings. The van der Waals surface area contributed by atoms with Crippen LogP contribution >= 0.6 is 0 Å². The highest BCUT2D eigenvalue weighted by atomic mass is 16.5. The van der Waals surface area contributed by atoms with Crippen LogP contribution < -0.4 is 5.32 Å². The second kappa shape index (κ2) is 6.52. The summed E-state index contributed by atoms with van der Waals surface area (Å²) in [5.41, 5.74) is 2.22. The highest BCUT2D eigenvalue weighted by Gasteiger charge is 2.35. The molecule has 0 radical (unpaired) electrons. The largest absolute Gasteiger partial charge is 0.379 e. The number of amides is 1. The Hall–Kier alpha value is -2.18. The summed E-state index contributed by atoms with van der Waals surface area (Å²) in [7, 11) is 0. The van der Waals surface area contributed by atoms with Crippen LogP contribution in [0.3, 0.4) is 0 Å². The second-order valence-electron chi connectivity index (χ2n) is 6.18. The Kier molecular flexibility index (Phi) is 4.45. The maximum Gasteiger partial charge on any atom is 0.244 e. The van der Waals surface area contributed by atoms with E-state index in [4.69, 9.17) is 4.74 Å². The number of aromatic amines is 1. The monoisotopic (exact) mass is 314 g/mol. The zero-order chi connectivity index (χ0) is 16.3. The van der Waals surface area contributed by atoms with Crippen LogP contribution in [0.4, 0.5) is 5.69 Å². The standard InChI is InChI=1S/C17H22N4O2/c1-17(2,21-6-8-23-9-7-21)16(22)20-15-5-3-4-13(10-15)14-11-18-19-12-14/h3-5,10-12H,6-9H2,1-2H3,(H,18,19)(H,20,22). The summed E-state index contributed by atoms with van der Waals surface area (Å²) in [6.07, 6.45) is 3.59. The first-order valence-corrected chi connectivity index (χ1v) is 7.81. The molecule has 1 aromatic heterocycles. The SMILES string of the molecule is CC(C)(C(=O)Nc1cccc(-c2cn[nH]c2)c1)N1CCOCC1. The summed E-state index contributed by atoms with van der Waals surface area (Å²) in [4.78, 5) is 14.9. The summed E-state index contributed by atoms with van der Waals surface area (Å²) < 4.78 is 5.37. The Balaban J connectivity index is 1.73. The third-order valence-corrected chi connectivity index (χ3v) is 4.31. The molecule has 0 aliphatic carbocycles. The fourth-order valence-corrected chi connectivity index (χ4v) is 2.74. The number of ether oxygens (including phenoxy) is 1. The van der Waals surface area contributed by atoms with Gasteiger partial charge in [0.25, 0.3) is 0 Å². The van der Waals surface area contributed by atoms with Crippen LogP contribution in [0.2, 0.25) is 0 Å². The van der Waals surface area contributed by atoms with Crippen molar-refractivity contribution in [3.63, 3.8) is 0 Å². The van der Waals surface area contributed by atoms with Crippen LogP contribution in [-0.2, 0) is 9.53 Å². The molecule has 0 spiro atoms. The van der Waals surface area contributed by atoms with Gasteiger partial charge >= 0.3 is 0 Å². The van der Waals surface area contributed by atoms with Gasteiger partial charge in [0.05, 0.1) is 24.9 Å². The van der Waals surface area contributed by atoms with Gasteiger partial charge in [-0.1, -0.05) is 12.1 Å². The van der Waals surface area contributed by atoms with Crippen molar-refractivity contribution in [2.45, 2.75) is 19.4 Å². The van der Waals surface area contributed by atoms with Crippen molar-refractivity contribution in [1.82, 2.24) is 15.1 Å². The molecule has 0 unspecified atom stereocenters. The number of benzene rings is 1. The molecule has 1 saturated heterocycles. The number of hydrogen-bond donors (Lipinski definition) is 2. The van der Waals surface area contributed by atoms with E-state index >= 15 is 0 Å². The van der Waals surface area contributed by atoms with Crippen molar-refractivity contribution < 1.29 is 9.53 Å². The van der Waals surface area contributed by atoms with Crippen LogP contribution in [-0.4, -0.2) is 52.8 Å². The predicted molar refractivity (Wildman–Crippen MR) is 89.1 cm³/mol. The number of rotatable bonds is 4. The normalized spacial score (nSPS) is 16.3. The van der Waals surface area contributed by atoms with E-state index in [9.17, 15) is 4.79 Å². The highest BCUT2D eigenvalue weighted by Crippen LogP contribution is 2.23. The molecule has 1 aliphatic heterocycles. The van der Waals surface area contributed by atoms with Crippen molar-refractivity contribution in [1.29, 1.82) is 0 Å². The first kappa shape index (κ1) is 15.7. The zero-order valence-corrected chi connectivity index (χ0v) is 13.5. The average molecular weight is 314 g/mol. The minimum atomic E-state index is -0.574. The molecular weight excluding hydrogens is 292 g/mol. The summed E-state index contributed by atoms with van der Waals surface area (Å²) >= 11 is 0. The first-order chi connectivity index (χ1) is 11.1. The lowest BCUT2D eigenvalue weighted by molar-refractivity contribution is -0.129. The molecule has 2 N–H and O–H groups in total. The smallest absolute Gasteiger partial charge is 0.244 e. The molecule has 1 amide bonds. The molecule has 0 atom stereocenters. The lowest BCUT2D eigenvalue weighted by Gasteiger charge is -2.39. The fourth-order valence-electron chi connectivity index (χ4n) is 2.74. The topological polar surface area (TPSA) is 70.2 Å². The Labute approximate surface area is 135 Å². The van der Waals surface area contributed by atoms with Gasteiger partial charge in [0, 0.05) is 30.5 Å². The van der Waals surface area contributed by atoms with E-state index in [2.05, 4.69) is 20.4 Å². The number of carbonyl (C=O) groups is 1.